The summed E-state index contributed by atoms with van der Waals surface area (Å²) in [7, 11) is 0. The van der Waals surface area contributed by atoms with Gasteiger partial charge in [-0.05, 0) is 49.2 Å². The van der Waals surface area contributed by atoms with Gasteiger partial charge in [-0.2, -0.15) is 0 Å². The highest BCUT2D eigenvalue weighted by atomic mass is 79.9. The monoisotopic (exact) mass is 389 g/mol. The molecule has 126 valence electrons. The average Bonchev–Trinajstić information content (AvgIpc) is 3.06. The average molecular weight is 390 g/mol. The van der Waals surface area contributed by atoms with Crippen molar-refractivity contribution in [1.29, 1.82) is 0 Å². The number of halogens is 1. The van der Waals surface area contributed by atoms with Crippen molar-refractivity contribution in [2.75, 3.05) is 11.9 Å². The van der Waals surface area contributed by atoms with Gasteiger partial charge >= 0.3 is 0 Å². The highest BCUT2D eigenvalue weighted by Gasteiger charge is 2.30. The number of nitrogens with one attached hydrogen (secondary N) is 3. The lowest BCUT2D eigenvalue weighted by Crippen LogP contribution is -2.39. The molecule has 0 aliphatic carbocycles. The molecule has 0 bridgehead atoms. The minimum Gasteiger partial charge on any atom is -0.494 e. The Hall–Kier alpha value is -1.89. The predicted molar refractivity (Wildman–Crippen MR) is 97.8 cm³/mol. The van der Waals surface area contributed by atoms with Crippen LogP contribution in [0.1, 0.15) is 24.9 Å². The second kappa shape index (κ2) is 7.79. The molecule has 1 aliphatic heterocycles. The van der Waals surface area contributed by atoms with Gasteiger partial charge in [0.05, 0.1) is 6.61 Å². The highest BCUT2D eigenvalue weighted by Crippen LogP contribution is 2.25. The largest absolute Gasteiger partial charge is 0.494 e. The van der Waals surface area contributed by atoms with Crippen molar-refractivity contribution >= 4 is 27.5 Å². The third kappa shape index (κ3) is 4.14. The molecule has 1 saturated heterocycles. The van der Waals surface area contributed by atoms with Crippen LogP contribution < -0.4 is 20.9 Å². The van der Waals surface area contributed by atoms with Gasteiger partial charge in [-0.1, -0.05) is 34.1 Å². The fourth-order valence-corrected chi connectivity index (χ4v) is 3.10. The van der Waals surface area contributed by atoms with Crippen molar-refractivity contribution in [3.8, 4) is 5.75 Å². The van der Waals surface area contributed by atoms with Crippen LogP contribution in [0, 0.1) is 0 Å². The molecule has 2 atom stereocenters. The number of benzene rings is 2. The first kappa shape index (κ1) is 17.0. The van der Waals surface area contributed by atoms with Gasteiger partial charge < -0.3 is 10.1 Å². The Bertz CT molecular complexity index is 706. The number of hydrazine groups is 1. The standard InChI is InChI=1S/C18H20BrN3O2/c1-2-24-15-8-6-12(7-9-15)16-11-17(22-21-16)18(23)20-14-5-3-4-13(19)10-14/h3-10,16-17,21-22H,2,11H2,1H3,(H,20,23). The summed E-state index contributed by atoms with van der Waals surface area (Å²) in [5.41, 5.74) is 8.17. The van der Waals surface area contributed by atoms with Crippen LogP contribution in [0.15, 0.2) is 53.0 Å². The van der Waals surface area contributed by atoms with E-state index in [1.165, 1.54) is 0 Å². The van der Waals surface area contributed by atoms with Crippen LogP contribution in [-0.2, 0) is 4.79 Å². The number of carbonyl (C=O) groups is 1. The van der Waals surface area contributed by atoms with Gasteiger partial charge in [-0.25, -0.2) is 10.9 Å². The van der Waals surface area contributed by atoms with E-state index in [2.05, 4.69) is 32.1 Å². The molecule has 2 aromatic rings. The Morgan fingerprint density at radius 1 is 1.25 bits per heavy atom. The molecule has 1 amide bonds. The maximum Gasteiger partial charge on any atom is 0.242 e. The molecule has 6 heteroatoms. The molecule has 0 saturated carbocycles. The molecule has 0 radical (unpaired) electrons. The van der Waals surface area contributed by atoms with Gasteiger partial charge in [0.2, 0.25) is 5.91 Å². The normalized spacial score (nSPS) is 19.9. The first-order chi connectivity index (χ1) is 11.7. The van der Waals surface area contributed by atoms with Gasteiger partial charge in [-0.15, -0.1) is 0 Å². The number of ether oxygens (including phenoxy) is 1. The van der Waals surface area contributed by atoms with E-state index in [0.717, 1.165) is 21.5 Å². The fraction of sp³-hybridized carbons (Fsp3) is 0.278. The summed E-state index contributed by atoms with van der Waals surface area (Å²) in [6, 6.07) is 15.3. The first-order valence-electron chi connectivity index (χ1n) is 7.96. The van der Waals surface area contributed by atoms with Gasteiger partial charge in [0.1, 0.15) is 11.8 Å². The topological polar surface area (TPSA) is 62.4 Å². The smallest absolute Gasteiger partial charge is 0.242 e. The van der Waals surface area contributed by atoms with Gasteiger partial charge in [0, 0.05) is 16.2 Å². The fourth-order valence-electron chi connectivity index (χ4n) is 2.71. The summed E-state index contributed by atoms with van der Waals surface area (Å²) >= 11 is 3.40. The number of rotatable bonds is 5. The number of hydrogen-bond acceptors (Lipinski definition) is 4. The molecular formula is C18H20BrN3O2. The SMILES string of the molecule is CCOc1ccc(C2CC(C(=O)Nc3cccc(Br)c3)NN2)cc1. The van der Waals surface area contributed by atoms with E-state index in [0.29, 0.717) is 13.0 Å². The lowest BCUT2D eigenvalue weighted by atomic mass is 10.0. The van der Waals surface area contributed by atoms with Crippen molar-refractivity contribution in [2.24, 2.45) is 0 Å². The molecule has 2 unspecified atom stereocenters. The van der Waals surface area contributed by atoms with Crippen molar-refractivity contribution < 1.29 is 9.53 Å². The van der Waals surface area contributed by atoms with Crippen LogP contribution in [0.2, 0.25) is 0 Å². The van der Waals surface area contributed by atoms with E-state index >= 15 is 0 Å². The van der Waals surface area contributed by atoms with Crippen LogP contribution in [0.3, 0.4) is 0 Å². The lowest BCUT2D eigenvalue weighted by Gasteiger charge is -2.11. The molecule has 1 heterocycles. The van der Waals surface area contributed by atoms with E-state index in [9.17, 15) is 4.79 Å². The second-order valence-electron chi connectivity index (χ2n) is 5.63. The maximum atomic E-state index is 12.4. The van der Waals surface area contributed by atoms with Crippen molar-refractivity contribution in [2.45, 2.75) is 25.4 Å². The first-order valence-corrected chi connectivity index (χ1v) is 8.75. The molecular weight excluding hydrogens is 370 g/mol. The summed E-state index contributed by atoms with van der Waals surface area (Å²) in [6.45, 7) is 2.62. The zero-order chi connectivity index (χ0) is 16.9. The van der Waals surface area contributed by atoms with Crippen LogP contribution >= 0.6 is 15.9 Å². The lowest BCUT2D eigenvalue weighted by molar-refractivity contribution is -0.117. The molecule has 2 aromatic carbocycles. The van der Waals surface area contributed by atoms with Gasteiger partial charge in [0.25, 0.3) is 0 Å². The highest BCUT2D eigenvalue weighted by molar-refractivity contribution is 9.10. The molecule has 1 aliphatic rings. The molecule has 1 fully saturated rings. The van der Waals surface area contributed by atoms with E-state index < -0.39 is 0 Å². The number of carbonyl (C=O) groups excluding carboxylic acids is 1. The van der Waals surface area contributed by atoms with Crippen LogP contribution in [0.4, 0.5) is 5.69 Å². The Labute approximate surface area is 149 Å². The quantitative estimate of drug-likeness (QED) is 0.733. The summed E-state index contributed by atoms with van der Waals surface area (Å²) in [5, 5.41) is 2.93. The summed E-state index contributed by atoms with van der Waals surface area (Å²) < 4.78 is 6.39. The second-order valence-corrected chi connectivity index (χ2v) is 6.55. The molecule has 0 aromatic heterocycles. The molecule has 3 N–H and O–H groups in total. The Kier molecular flexibility index (Phi) is 5.50. The summed E-state index contributed by atoms with van der Waals surface area (Å²) in [5.74, 6) is 0.810. The Morgan fingerprint density at radius 2 is 2.04 bits per heavy atom. The maximum absolute atomic E-state index is 12.4. The van der Waals surface area contributed by atoms with Gasteiger partial charge in [-0.3, -0.25) is 4.79 Å². The van der Waals surface area contributed by atoms with Crippen molar-refractivity contribution in [1.82, 2.24) is 10.9 Å². The number of hydrogen-bond donors (Lipinski definition) is 3. The summed E-state index contributed by atoms with van der Waals surface area (Å²) in [4.78, 5) is 12.4. The van der Waals surface area contributed by atoms with Crippen LogP contribution in [-0.4, -0.2) is 18.6 Å². The summed E-state index contributed by atoms with van der Waals surface area (Å²) in [6.07, 6.45) is 0.688. The third-order valence-electron chi connectivity index (χ3n) is 3.91. The molecule has 0 spiro atoms. The number of amides is 1. The van der Waals surface area contributed by atoms with Gasteiger partial charge in [0.15, 0.2) is 0 Å². The van der Waals surface area contributed by atoms with Crippen molar-refractivity contribution in [3.05, 3.63) is 58.6 Å². The van der Waals surface area contributed by atoms with E-state index in [1.807, 2.05) is 55.5 Å². The third-order valence-corrected chi connectivity index (χ3v) is 4.40. The molecule has 3 rings (SSSR count). The minimum absolute atomic E-state index is 0.0472. The van der Waals surface area contributed by atoms with Crippen LogP contribution in [0.5, 0.6) is 5.75 Å². The minimum atomic E-state index is -0.277. The molecule has 24 heavy (non-hydrogen) atoms. The number of anilines is 1. The van der Waals surface area contributed by atoms with E-state index in [-0.39, 0.29) is 18.0 Å². The predicted octanol–water partition coefficient (Wildman–Crippen LogP) is 3.39. The zero-order valence-electron chi connectivity index (χ0n) is 13.4. The van der Waals surface area contributed by atoms with Crippen LogP contribution in [0.25, 0.3) is 0 Å². The van der Waals surface area contributed by atoms with Crippen molar-refractivity contribution in [3.63, 3.8) is 0 Å². The molecule has 5 nitrogen and oxygen atoms in total. The Balaban J connectivity index is 1.59. The van der Waals surface area contributed by atoms with E-state index in [1.54, 1.807) is 0 Å². The zero-order valence-corrected chi connectivity index (χ0v) is 15.0. The Morgan fingerprint density at radius 3 is 2.75 bits per heavy atom. The van der Waals surface area contributed by atoms with E-state index in [4.69, 9.17) is 4.74 Å².